The van der Waals surface area contributed by atoms with Crippen LogP contribution in [0.2, 0.25) is 0 Å². The molecule has 7 nitrogen and oxygen atoms in total. The van der Waals surface area contributed by atoms with Gasteiger partial charge in [-0.15, -0.1) is 0 Å². The van der Waals surface area contributed by atoms with Gasteiger partial charge in [-0.2, -0.15) is 0 Å². The molecule has 0 fully saturated rings. The number of rotatable bonds is 11. The number of aliphatic hydroxyl groups excluding tert-OH is 1. The number of hydroxylamine groups is 1. The van der Waals surface area contributed by atoms with Crippen LogP contribution in [-0.2, 0) is 21.0 Å². The maximum atomic E-state index is 11.3. The van der Waals surface area contributed by atoms with Crippen molar-refractivity contribution in [2.45, 2.75) is 19.1 Å². The van der Waals surface area contributed by atoms with Crippen molar-refractivity contribution in [3.63, 3.8) is 0 Å². The summed E-state index contributed by atoms with van der Waals surface area (Å²) >= 11 is 0. The van der Waals surface area contributed by atoms with Gasteiger partial charge >= 0.3 is 5.97 Å². The summed E-state index contributed by atoms with van der Waals surface area (Å²) in [7, 11) is 2.84. The van der Waals surface area contributed by atoms with Crippen molar-refractivity contribution in [1.82, 2.24) is 5.48 Å². The molecule has 0 heterocycles. The zero-order chi connectivity index (χ0) is 23.5. The Balaban J connectivity index is 1.54. The van der Waals surface area contributed by atoms with Crippen LogP contribution in [-0.4, -0.2) is 25.3 Å². The molecule has 3 rings (SSSR count). The van der Waals surface area contributed by atoms with E-state index in [1.165, 1.54) is 7.11 Å². The first kappa shape index (κ1) is 23.8. The van der Waals surface area contributed by atoms with Crippen molar-refractivity contribution in [2.24, 2.45) is 0 Å². The highest BCUT2D eigenvalue weighted by Crippen LogP contribution is 2.22. The standard InChI is InChI=1S/C26H27NO6/c1-30-26(29)16-25(28)21-10-14-23(15-11-21)32-17-19-8-12-22(13-9-19)33-18-24(27-31-2)20-6-4-3-5-7-20/h3-15,18,25,27-28H,16-17H2,1-2H3. The highest BCUT2D eigenvalue weighted by molar-refractivity contribution is 5.70. The molecule has 7 heteroatoms. The van der Waals surface area contributed by atoms with Gasteiger partial charge in [-0.05, 0) is 35.4 Å². The third kappa shape index (κ3) is 7.38. The van der Waals surface area contributed by atoms with Gasteiger partial charge in [0.05, 0.1) is 26.7 Å². The second-order valence-corrected chi connectivity index (χ2v) is 7.12. The number of ether oxygens (including phenoxy) is 3. The number of methoxy groups -OCH3 is 1. The van der Waals surface area contributed by atoms with Crippen LogP contribution in [0.1, 0.15) is 29.2 Å². The average Bonchev–Trinajstić information content (AvgIpc) is 2.86. The van der Waals surface area contributed by atoms with Gasteiger partial charge in [0.2, 0.25) is 0 Å². The van der Waals surface area contributed by atoms with E-state index in [2.05, 4.69) is 10.2 Å². The van der Waals surface area contributed by atoms with E-state index in [9.17, 15) is 9.90 Å². The lowest BCUT2D eigenvalue weighted by atomic mass is 10.1. The van der Waals surface area contributed by atoms with Gasteiger partial charge in [0.1, 0.15) is 30.1 Å². The summed E-state index contributed by atoms with van der Waals surface area (Å²) in [5.74, 6) is 0.872. The Kier molecular flexibility index (Phi) is 8.88. The first-order chi connectivity index (χ1) is 16.1. The Labute approximate surface area is 193 Å². The average molecular weight is 450 g/mol. The summed E-state index contributed by atoms with van der Waals surface area (Å²) in [6.45, 7) is 0.376. The van der Waals surface area contributed by atoms with E-state index in [4.69, 9.17) is 14.3 Å². The highest BCUT2D eigenvalue weighted by atomic mass is 16.6. The summed E-state index contributed by atoms with van der Waals surface area (Å²) < 4.78 is 16.1. The minimum absolute atomic E-state index is 0.0886. The van der Waals surface area contributed by atoms with Crippen molar-refractivity contribution in [1.29, 1.82) is 0 Å². The lowest BCUT2D eigenvalue weighted by Crippen LogP contribution is -2.11. The largest absolute Gasteiger partial charge is 0.489 e. The summed E-state index contributed by atoms with van der Waals surface area (Å²) in [6, 6.07) is 24.2. The van der Waals surface area contributed by atoms with E-state index in [1.54, 1.807) is 37.6 Å². The maximum Gasteiger partial charge on any atom is 0.308 e. The maximum absolute atomic E-state index is 11.3. The molecule has 0 aliphatic carbocycles. The zero-order valence-electron chi connectivity index (χ0n) is 18.6. The topological polar surface area (TPSA) is 86.3 Å². The first-order valence-corrected chi connectivity index (χ1v) is 10.4. The van der Waals surface area contributed by atoms with Gasteiger partial charge in [-0.25, -0.2) is 0 Å². The molecule has 3 aromatic carbocycles. The van der Waals surface area contributed by atoms with Gasteiger partial charge in [-0.1, -0.05) is 54.6 Å². The van der Waals surface area contributed by atoms with Crippen molar-refractivity contribution in [3.8, 4) is 11.5 Å². The Morgan fingerprint density at radius 1 is 0.939 bits per heavy atom. The monoisotopic (exact) mass is 449 g/mol. The number of hydrogen-bond donors (Lipinski definition) is 2. The fourth-order valence-electron chi connectivity index (χ4n) is 2.98. The van der Waals surface area contributed by atoms with Crippen molar-refractivity contribution >= 4 is 11.7 Å². The van der Waals surface area contributed by atoms with Crippen LogP contribution in [0.15, 0.2) is 85.1 Å². The number of carbonyl (C=O) groups is 1. The van der Waals surface area contributed by atoms with Crippen LogP contribution in [0.3, 0.4) is 0 Å². The van der Waals surface area contributed by atoms with Gasteiger partial charge < -0.3 is 19.3 Å². The van der Waals surface area contributed by atoms with E-state index >= 15 is 0 Å². The molecule has 3 aromatic rings. The predicted octanol–water partition coefficient (Wildman–Crippen LogP) is 4.39. The number of hydrogen-bond acceptors (Lipinski definition) is 7. The van der Waals surface area contributed by atoms with E-state index < -0.39 is 12.1 Å². The normalized spacial score (nSPS) is 12.0. The highest BCUT2D eigenvalue weighted by Gasteiger charge is 2.13. The van der Waals surface area contributed by atoms with Crippen LogP contribution in [0.25, 0.3) is 5.70 Å². The van der Waals surface area contributed by atoms with E-state index in [1.807, 2.05) is 54.6 Å². The van der Waals surface area contributed by atoms with Crippen LogP contribution in [0.5, 0.6) is 11.5 Å². The molecular formula is C26H27NO6. The summed E-state index contributed by atoms with van der Waals surface area (Å²) in [6.07, 6.45) is 0.601. The molecule has 172 valence electrons. The molecule has 0 amide bonds. The summed E-state index contributed by atoms with van der Waals surface area (Å²) in [5, 5.41) is 10.1. The lowest BCUT2D eigenvalue weighted by molar-refractivity contribution is -0.142. The number of benzene rings is 3. The minimum Gasteiger partial charge on any atom is -0.489 e. The SMILES string of the molecule is CONC(=COc1ccc(COc2ccc(C(O)CC(=O)OC)cc2)cc1)c1ccccc1. The van der Waals surface area contributed by atoms with Crippen LogP contribution in [0, 0.1) is 0 Å². The van der Waals surface area contributed by atoms with Gasteiger partial charge in [0.25, 0.3) is 0 Å². The van der Waals surface area contributed by atoms with Crippen molar-refractivity contribution in [2.75, 3.05) is 14.2 Å². The first-order valence-electron chi connectivity index (χ1n) is 10.4. The molecule has 0 radical (unpaired) electrons. The molecule has 1 unspecified atom stereocenters. The second-order valence-electron chi connectivity index (χ2n) is 7.12. The minimum atomic E-state index is -0.908. The fraction of sp³-hybridized carbons (Fsp3) is 0.192. The fourth-order valence-corrected chi connectivity index (χ4v) is 2.98. The van der Waals surface area contributed by atoms with E-state index in [0.717, 1.165) is 11.1 Å². The summed E-state index contributed by atoms with van der Waals surface area (Å²) in [5.41, 5.74) is 6.05. The van der Waals surface area contributed by atoms with Gasteiger partial charge in [0, 0.05) is 5.56 Å². The summed E-state index contributed by atoms with van der Waals surface area (Å²) in [4.78, 5) is 16.3. The molecule has 0 aromatic heterocycles. The molecule has 33 heavy (non-hydrogen) atoms. The van der Waals surface area contributed by atoms with Gasteiger partial charge in [-0.3, -0.25) is 15.1 Å². The molecule has 0 aliphatic rings. The van der Waals surface area contributed by atoms with Crippen LogP contribution >= 0.6 is 0 Å². The number of nitrogens with one attached hydrogen (secondary N) is 1. The van der Waals surface area contributed by atoms with Crippen LogP contribution < -0.4 is 15.0 Å². The zero-order valence-corrected chi connectivity index (χ0v) is 18.6. The molecule has 0 spiro atoms. The lowest BCUT2D eigenvalue weighted by Gasteiger charge is -2.12. The Bertz CT molecular complexity index is 1030. The molecule has 1 atom stereocenters. The Morgan fingerprint density at radius 2 is 1.61 bits per heavy atom. The number of aliphatic hydroxyl groups is 1. The number of carbonyl (C=O) groups excluding carboxylic acids is 1. The predicted molar refractivity (Wildman–Crippen MR) is 124 cm³/mol. The van der Waals surface area contributed by atoms with Crippen molar-refractivity contribution in [3.05, 3.63) is 102 Å². The van der Waals surface area contributed by atoms with Gasteiger partial charge in [0.15, 0.2) is 0 Å². The van der Waals surface area contributed by atoms with Crippen LogP contribution in [0.4, 0.5) is 0 Å². The molecule has 2 N–H and O–H groups in total. The van der Waals surface area contributed by atoms with E-state index in [-0.39, 0.29) is 6.42 Å². The molecule has 0 bridgehead atoms. The molecule has 0 saturated carbocycles. The quantitative estimate of drug-likeness (QED) is 0.255. The third-order valence-corrected chi connectivity index (χ3v) is 4.79. The third-order valence-electron chi connectivity index (χ3n) is 4.79. The second kappa shape index (κ2) is 12.3. The number of esters is 1. The molecule has 0 aliphatic heterocycles. The van der Waals surface area contributed by atoms with E-state index in [0.29, 0.717) is 29.4 Å². The molecular weight excluding hydrogens is 422 g/mol. The van der Waals surface area contributed by atoms with Crippen molar-refractivity contribution < 1.29 is 28.9 Å². The smallest absolute Gasteiger partial charge is 0.308 e. The molecule has 0 saturated heterocycles. The Hall–Kier alpha value is -3.81. The Morgan fingerprint density at radius 3 is 2.24 bits per heavy atom.